The van der Waals surface area contributed by atoms with Gasteiger partial charge in [-0.3, -0.25) is 4.79 Å². The van der Waals surface area contributed by atoms with Gasteiger partial charge < -0.3 is 15.0 Å². The van der Waals surface area contributed by atoms with Crippen molar-refractivity contribution in [3.63, 3.8) is 0 Å². The number of benzene rings is 1. The van der Waals surface area contributed by atoms with E-state index >= 15 is 0 Å². The third-order valence-corrected chi connectivity index (χ3v) is 6.55. The zero-order valence-corrected chi connectivity index (χ0v) is 18.1. The topological polar surface area (TPSA) is 72.3 Å². The van der Waals surface area contributed by atoms with Crippen LogP contribution in [0.2, 0.25) is 0 Å². The summed E-state index contributed by atoms with van der Waals surface area (Å²) in [6, 6.07) is 4.74. The maximum absolute atomic E-state index is 13.5. The number of carbonyl (C=O) groups is 1. The van der Waals surface area contributed by atoms with Gasteiger partial charge in [0.05, 0.1) is 0 Å². The Bertz CT molecular complexity index is 926. The number of aryl methyl sites for hydroxylation is 2. The van der Waals surface area contributed by atoms with Crippen molar-refractivity contribution in [1.82, 2.24) is 19.7 Å². The van der Waals surface area contributed by atoms with E-state index < -0.39 is 18.6 Å². The zero-order chi connectivity index (χ0) is 22.1. The lowest BCUT2D eigenvalue weighted by atomic mass is 9.85. The van der Waals surface area contributed by atoms with E-state index in [9.17, 15) is 13.6 Å². The van der Waals surface area contributed by atoms with Gasteiger partial charge in [0.15, 0.2) is 6.10 Å². The fraction of sp³-hybridized carbons (Fsp3) is 0.591. The molecule has 1 amide bonds. The summed E-state index contributed by atoms with van der Waals surface area (Å²) in [5.41, 5.74) is 2.30. The Morgan fingerprint density at radius 2 is 1.97 bits per heavy atom. The van der Waals surface area contributed by atoms with E-state index in [1.807, 2.05) is 36.9 Å². The van der Waals surface area contributed by atoms with Crippen LogP contribution >= 0.6 is 0 Å². The molecule has 2 aromatic rings. The second-order valence-corrected chi connectivity index (χ2v) is 8.59. The van der Waals surface area contributed by atoms with Gasteiger partial charge in [-0.2, -0.15) is 10.1 Å². The lowest BCUT2D eigenvalue weighted by molar-refractivity contribution is -0.139. The molecular weight excluding hydrogens is 404 g/mol. The summed E-state index contributed by atoms with van der Waals surface area (Å²) in [4.78, 5) is 18.8. The largest absolute Gasteiger partial charge is 0.481 e. The SMILES string of the molecule is Cc1ccc(O[C@@H](C)C(=O)N2CCC([C@@H]3C[C@H](C(F)F)n4ncnc4N3)CC2)cc1C. The van der Waals surface area contributed by atoms with E-state index in [1.54, 1.807) is 6.92 Å². The summed E-state index contributed by atoms with van der Waals surface area (Å²) in [6.07, 6.45) is 0.0497. The molecule has 0 aliphatic carbocycles. The summed E-state index contributed by atoms with van der Waals surface area (Å²) in [7, 11) is 0. The van der Waals surface area contributed by atoms with Crippen molar-refractivity contribution in [2.24, 2.45) is 5.92 Å². The number of hydrogen-bond acceptors (Lipinski definition) is 5. The molecule has 0 radical (unpaired) electrons. The van der Waals surface area contributed by atoms with E-state index in [1.165, 1.54) is 16.6 Å². The number of amides is 1. The van der Waals surface area contributed by atoms with Crippen LogP contribution in [-0.4, -0.2) is 57.2 Å². The number of fused-ring (bicyclic) bond motifs is 1. The van der Waals surface area contributed by atoms with Crippen molar-refractivity contribution in [3.8, 4) is 5.75 Å². The molecule has 1 N–H and O–H groups in total. The van der Waals surface area contributed by atoms with Crippen LogP contribution in [0, 0.1) is 19.8 Å². The standard InChI is InChI=1S/C22H29F2N5O2/c1-13-4-5-17(10-14(13)2)31-15(3)21(30)28-8-6-16(7-9-28)18-11-19(20(23)24)29-22(27-18)25-12-26-29/h4-5,10,12,15-16,18-20H,6-9,11H2,1-3H3,(H,25,26,27)/t15-,18-,19+/m0/s1. The molecule has 7 nitrogen and oxygen atoms in total. The lowest BCUT2D eigenvalue weighted by Crippen LogP contribution is -2.48. The second kappa shape index (κ2) is 8.80. The highest BCUT2D eigenvalue weighted by atomic mass is 19.3. The van der Waals surface area contributed by atoms with Gasteiger partial charge >= 0.3 is 0 Å². The number of piperidine rings is 1. The van der Waals surface area contributed by atoms with E-state index in [0.717, 1.165) is 18.4 Å². The molecule has 9 heteroatoms. The average Bonchev–Trinajstić information content (AvgIpc) is 3.23. The second-order valence-electron chi connectivity index (χ2n) is 8.59. The van der Waals surface area contributed by atoms with Crippen molar-refractivity contribution in [2.45, 2.75) is 64.6 Å². The number of carbonyl (C=O) groups excluding carboxylic acids is 1. The van der Waals surface area contributed by atoms with Crippen LogP contribution in [0.3, 0.4) is 0 Å². The Morgan fingerprint density at radius 1 is 1.23 bits per heavy atom. The number of nitrogens with zero attached hydrogens (tertiary/aromatic N) is 4. The number of likely N-dealkylation sites (tertiary alicyclic amines) is 1. The van der Waals surface area contributed by atoms with E-state index in [2.05, 4.69) is 15.4 Å². The van der Waals surface area contributed by atoms with Crippen molar-refractivity contribution in [3.05, 3.63) is 35.7 Å². The summed E-state index contributed by atoms with van der Waals surface area (Å²) < 4.78 is 34.2. The molecule has 1 saturated heterocycles. The van der Waals surface area contributed by atoms with Crippen LogP contribution in [0.5, 0.6) is 5.75 Å². The zero-order valence-electron chi connectivity index (χ0n) is 18.1. The Hall–Kier alpha value is -2.71. The first kappa shape index (κ1) is 21.5. The molecule has 1 aromatic carbocycles. The summed E-state index contributed by atoms with van der Waals surface area (Å²) in [6.45, 7) is 7.00. The summed E-state index contributed by atoms with van der Waals surface area (Å²) >= 11 is 0. The molecule has 3 heterocycles. The molecule has 0 unspecified atom stereocenters. The maximum atomic E-state index is 13.5. The highest BCUT2D eigenvalue weighted by Gasteiger charge is 2.39. The quantitative estimate of drug-likeness (QED) is 0.780. The van der Waals surface area contributed by atoms with Gasteiger partial charge in [-0.25, -0.2) is 13.5 Å². The molecule has 31 heavy (non-hydrogen) atoms. The minimum absolute atomic E-state index is 0.0431. The van der Waals surface area contributed by atoms with Gasteiger partial charge in [0.25, 0.3) is 12.3 Å². The van der Waals surface area contributed by atoms with Gasteiger partial charge in [-0.05, 0) is 69.2 Å². The Labute approximate surface area is 180 Å². The van der Waals surface area contributed by atoms with Crippen molar-refractivity contribution in [2.75, 3.05) is 18.4 Å². The Kier molecular flexibility index (Phi) is 6.11. The van der Waals surface area contributed by atoms with Crippen LogP contribution in [0.25, 0.3) is 0 Å². The third kappa shape index (κ3) is 4.50. The fourth-order valence-electron chi connectivity index (χ4n) is 4.52. The number of nitrogens with one attached hydrogen (secondary N) is 1. The van der Waals surface area contributed by atoms with Crippen molar-refractivity contribution in [1.29, 1.82) is 0 Å². The first-order chi connectivity index (χ1) is 14.8. The van der Waals surface area contributed by atoms with E-state index in [4.69, 9.17) is 4.74 Å². The smallest absolute Gasteiger partial charge is 0.263 e. The number of anilines is 1. The van der Waals surface area contributed by atoms with Gasteiger partial charge in [0.1, 0.15) is 18.1 Å². The molecule has 168 valence electrons. The first-order valence-electron chi connectivity index (χ1n) is 10.8. The molecular formula is C22H29F2N5O2. The molecule has 1 aromatic heterocycles. The monoisotopic (exact) mass is 433 g/mol. The van der Waals surface area contributed by atoms with Crippen LogP contribution in [0.4, 0.5) is 14.7 Å². The normalized spacial score (nSPS) is 22.7. The minimum Gasteiger partial charge on any atom is -0.481 e. The first-order valence-corrected chi connectivity index (χ1v) is 10.8. The number of rotatable bonds is 5. The fourth-order valence-corrected chi connectivity index (χ4v) is 4.52. The van der Waals surface area contributed by atoms with Crippen LogP contribution in [0.15, 0.2) is 24.5 Å². The molecule has 1 fully saturated rings. The number of alkyl halides is 2. The van der Waals surface area contributed by atoms with Gasteiger partial charge in [-0.1, -0.05) is 6.07 Å². The highest BCUT2D eigenvalue weighted by Crippen LogP contribution is 2.35. The molecule has 0 saturated carbocycles. The number of hydrogen-bond donors (Lipinski definition) is 1. The third-order valence-electron chi connectivity index (χ3n) is 6.55. The summed E-state index contributed by atoms with van der Waals surface area (Å²) in [5, 5.41) is 7.20. The average molecular weight is 434 g/mol. The maximum Gasteiger partial charge on any atom is 0.263 e. The van der Waals surface area contributed by atoms with Gasteiger partial charge in [-0.15, -0.1) is 0 Å². The van der Waals surface area contributed by atoms with Crippen LogP contribution in [-0.2, 0) is 4.79 Å². The Morgan fingerprint density at radius 3 is 2.65 bits per heavy atom. The molecule has 0 spiro atoms. The lowest BCUT2D eigenvalue weighted by Gasteiger charge is -2.40. The van der Waals surface area contributed by atoms with Gasteiger partial charge in [0.2, 0.25) is 5.95 Å². The molecule has 4 rings (SSSR count). The number of halogens is 2. The van der Waals surface area contributed by atoms with Crippen molar-refractivity contribution < 1.29 is 18.3 Å². The van der Waals surface area contributed by atoms with Crippen LogP contribution in [0.1, 0.15) is 43.4 Å². The van der Waals surface area contributed by atoms with Crippen molar-refractivity contribution >= 4 is 11.9 Å². The Balaban J connectivity index is 1.33. The van der Waals surface area contributed by atoms with E-state index in [-0.39, 0.29) is 17.9 Å². The predicted octanol–water partition coefficient (Wildman–Crippen LogP) is 3.59. The molecule has 2 aliphatic heterocycles. The van der Waals surface area contributed by atoms with E-state index in [0.29, 0.717) is 31.2 Å². The molecule has 0 bridgehead atoms. The van der Waals surface area contributed by atoms with Crippen LogP contribution < -0.4 is 10.1 Å². The van der Waals surface area contributed by atoms with Gasteiger partial charge in [0, 0.05) is 19.1 Å². The summed E-state index contributed by atoms with van der Waals surface area (Å²) in [5.74, 6) is 1.24. The number of ether oxygens (including phenoxy) is 1. The highest BCUT2D eigenvalue weighted by molar-refractivity contribution is 5.81. The molecule has 2 aliphatic rings. The minimum atomic E-state index is -2.49. The molecule has 3 atom stereocenters. The number of aromatic nitrogens is 3. The predicted molar refractivity (Wildman–Crippen MR) is 112 cm³/mol.